The molecule has 1 unspecified atom stereocenters. The van der Waals surface area contributed by atoms with Gasteiger partial charge in [0.1, 0.15) is 12.5 Å². The highest BCUT2D eigenvalue weighted by molar-refractivity contribution is 7.10. The summed E-state index contributed by atoms with van der Waals surface area (Å²) in [5.74, 6) is -1.24. The van der Waals surface area contributed by atoms with Gasteiger partial charge in [-0.25, -0.2) is 4.39 Å². The van der Waals surface area contributed by atoms with E-state index in [2.05, 4.69) is 0 Å². The first-order valence-electron chi connectivity index (χ1n) is 5.71. The van der Waals surface area contributed by atoms with Crippen molar-refractivity contribution in [2.75, 3.05) is 13.7 Å². The number of carbonyl (C=O) groups excluding carboxylic acids is 1. The second-order valence-electron chi connectivity index (χ2n) is 3.83. The number of hydrogen-bond acceptors (Lipinski definition) is 4. The maximum absolute atomic E-state index is 13.4. The molecular weight excluding hydrogens is 267 g/mol. The van der Waals surface area contributed by atoms with E-state index in [9.17, 15) is 9.18 Å². The molecule has 1 aromatic carbocycles. The van der Waals surface area contributed by atoms with Crippen LogP contribution in [-0.2, 0) is 9.53 Å². The highest BCUT2D eigenvalue weighted by atomic mass is 32.1. The first-order valence-corrected chi connectivity index (χ1v) is 6.59. The molecular formula is C14H13FO3S. The van der Waals surface area contributed by atoms with Crippen molar-refractivity contribution < 1.29 is 18.7 Å². The van der Waals surface area contributed by atoms with Crippen LogP contribution in [0.2, 0.25) is 0 Å². The van der Waals surface area contributed by atoms with Gasteiger partial charge in [-0.2, -0.15) is 0 Å². The number of methoxy groups -OCH3 is 1. The van der Waals surface area contributed by atoms with Crippen molar-refractivity contribution in [3.8, 4) is 5.75 Å². The Kier molecular flexibility index (Phi) is 4.52. The largest absolute Gasteiger partial charge is 0.489 e. The van der Waals surface area contributed by atoms with Crippen LogP contribution in [0, 0.1) is 5.82 Å². The minimum absolute atomic E-state index is 0.0497. The minimum Gasteiger partial charge on any atom is -0.489 e. The van der Waals surface area contributed by atoms with Gasteiger partial charge in [0.2, 0.25) is 0 Å². The summed E-state index contributed by atoms with van der Waals surface area (Å²) in [4.78, 5) is 12.6. The number of ether oxygens (including phenoxy) is 2. The summed E-state index contributed by atoms with van der Waals surface area (Å²) in [5.41, 5.74) is 0. The summed E-state index contributed by atoms with van der Waals surface area (Å²) in [6.45, 7) is 0.0497. The predicted molar refractivity (Wildman–Crippen MR) is 71.0 cm³/mol. The van der Waals surface area contributed by atoms with Crippen LogP contribution in [0.25, 0.3) is 0 Å². The molecule has 0 aliphatic heterocycles. The number of rotatable bonds is 5. The van der Waals surface area contributed by atoms with Gasteiger partial charge < -0.3 is 9.47 Å². The number of thiophene rings is 1. The van der Waals surface area contributed by atoms with Crippen LogP contribution in [0.15, 0.2) is 41.8 Å². The molecule has 0 aliphatic rings. The monoisotopic (exact) mass is 280 g/mol. The Hall–Kier alpha value is -1.88. The third-order valence-corrected chi connectivity index (χ3v) is 3.60. The van der Waals surface area contributed by atoms with Gasteiger partial charge in [0, 0.05) is 4.88 Å². The molecule has 5 heteroatoms. The van der Waals surface area contributed by atoms with E-state index in [1.54, 1.807) is 12.1 Å². The van der Waals surface area contributed by atoms with Crippen molar-refractivity contribution in [1.82, 2.24) is 0 Å². The molecule has 2 aromatic rings. The molecule has 1 heterocycles. The fourth-order valence-corrected chi connectivity index (χ4v) is 2.43. The van der Waals surface area contributed by atoms with Gasteiger partial charge in [-0.1, -0.05) is 18.2 Å². The van der Waals surface area contributed by atoms with Crippen LogP contribution in [0.5, 0.6) is 5.75 Å². The second-order valence-corrected chi connectivity index (χ2v) is 4.81. The molecule has 0 saturated carbocycles. The molecule has 0 spiro atoms. The van der Waals surface area contributed by atoms with E-state index in [1.165, 1.54) is 30.6 Å². The summed E-state index contributed by atoms with van der Waals surface area (Å²) in [6.07, 6.45) is 0. The lowest BCUT2D eigenvalue weighted by molar-refractivity contribution is -0.143. The number of hydrogen-bond donors (Lipinski definition) is 0. The number of halogens is 1. The number of para-hydroxylation sites is 1. The van der Waals surface area contributed by atoms with Crippen LogP contribution in [0.4, 0.5) is 4.39 Å². The van der Waals surface area contributed by atoms with Crippen molar-refractivity contribution in [3.05, 3.63) is 52.5 Å². The molecule has 0 bridgehead atoms. The lowest BCUT2D eigenvalue weighted by Crippen LogP contribution is -2.20. The van der Waals surface area contributed by atoms with Crippen LogP contribution in [0.3, 0.4) is 0 Å². The molecule has 3 nitrogen and oxygen atoms in total. The first kappa shape index (κ1) is 13.5. The van der Waals surface area contributed by atoms with E-state index in [0.717, 1.165) is 4.88 Å². The third-order valence-electron chi connectivity index (χ3n) is 2.61. The van der Waals surface area contributed by atoms with Crippen LogP contribution >= 0.6 is 11.3 Å². The molecule has 0 N–H and O–H groups in total. The lowest BCUT2D eigenvalue weighted by Gasteiger charge is -2.14. The molecule has 0 fully saturated rings. The van der Waals surface area contributed by atoms with E-state index in [-0.39, 0.29) is 12.4 Å². The van der Waals surface area contributed by atoms with Crippen molar-refractivity contribution in [1.29, 1.82) is 0 Å². The minimum atomic E-state index is -0.537. The quantitative estimate of drug-likeness (QED) is 0.789. The summed E-state index contributed by atoms with van der Waals surface area (Å²) >= 11 is 1.44. The van der Waals surface area contributed by atoms with Gasteiger partial charge >= 0.3 is 5.97 Å². The van der Waals surface area contributed by atoms with E-state index in [1.807, 2.05) is 17.5 Å². The van der Waals surface area contributed by atoms with E-state index >= 15 is 0 Å². The predicted octanol–water partition coefficient (Wildman–Crippen LogP) is 3.22. The molecule has 1 atom stereocenters. The van der Waals surface area contributed by atoms with Gasteiger partial charge in [0.25, 0.3) is 0 Å². The molecule has 0 radical (unpaired) electrons. The molecule has 19 heavy (non-hydrogen) atoms. The van der Waals surface area contributed by atoms with E-state index < -0.39 is 17.7 Å². The van der Waals surface area contributed by atoms with Crippen molar-refractivity contribution in [2.24, 2.45) is 0 Å². The van der Waals surface area contributed by atoms with E-state index in [4.69, 9.17) is 9.47 Å². The summed E-state index contributed by atoms with van der Waals surface area (Å²) in [6, 6.07) is 9.78. The zero-order valence-electron chi connectivity index (χ0n) is 10.3. The van der Waals surface area contributed by atoms with Crippen LogP contribution < -0.4 is 4.74 Å². The number of carbonyl (C=O) groups is 1. The molecule has 1 aromatic heterocycles. The Morgan fingerprint density at radius 3 is 2.74 bits per heavy atom. The normalized spacial score (nSPS) is 11.9. The average Bonchev–Trinajstić information content (AvgIpc) is 2.94. The molecule has 100 valence electrons. The van der Waals surface area contributed by atoms with Gasteiger partial charge in [0.05, 0.1) is 7.11 Å². The lowest BCUT2D eigenvalue weighted by atomic mass is 10.1. The van der Waals surface area contributed by atoms with Crippen molar-refractivity contribution in [3.63, 3.8) is 0 Å². The molecule has 0 amide bonds. The Balaban J connectivity index is 2.10. The zero-order valence-corrected chi connectivity index (χ0v) is 11.2. The molecule has 0 aliphatic carbocycles. The Bertz CT molecular complexity index is 539. The average molecular weight is 280 g/mol. The van der Waals surface area contributed by atoms with Gasteiger partial charge in [-0.15, -0.1) is 11.3 Å². The smallest absolute Gasteiger partial charge is 0.317 e. The topological polar surface area (TPSA) is 35.5 Å². The van der Waals surface area contributed by atoms with Crippen LogP contribution in [-0.4, -0.2) is 19.7 Å². The summed E-state index contributed by atoms with van der Waals surface area (Å²) in [5, 5.41) is 1.87. The van der Waals surface area contributed by atoms with Gasteiger partial charge in [-0.3, -0.25) is 4.79 Å². The third kappa shape index (κ3) is 3.32. The van der Waals surface area contributed by atoms with Crippen molar-refractivity contribution in [2.45, 2.75) is 5.92 Å². The van der Waals surface area contributed by atoms with Gasteiger partial charge in [0.15, 0.2) is 11.6 Å². The first-order chi connectivity index (χ1) is 9.22. The summed E-state index contributed by atoms with van der Waals surface area (Å²) < 4.78 is 23.6. The summed E-state index contributed by atoms with van der Waals surface area (Å²) in [7, 11) is 1.33. The number of benzene rings is 1. The van der Waals surface area contributed by atoms with E-state index in [0.29, 0.717) is 0 Å². The highest BCUT2D eigenvalue weighted by Crippen LogP contribution is 2.24. The standard InChI is InChI=1S/C14H13FO3S/c1-17-14(16)10(13-7-4-8-19-13)9-18-12-6-3-2-5-11(12)15/h2-8,10H,9H2,1H3. The maximum atomic E-state index is 13.4. The van der Waals surface area contributed by atoms with Gasteiger partial charge in [-0.05, 0) is 23.6 Å². The Labute approximate surface area is 114 Å². The maximum Gasteiger partial charge on any atom is 0.317 e. The molecule has 2 rings (SSSR count). The zero-order chi connectivity index (χ0) is 13.7. The Morgan fingerprint density at radius 1 is 1.32 bits per heavy atom. The van der Waals surface area contributed by atoms with Crippen LogP contribution in [0.1, 0.15) is 10.8 Å². The number of esters is 1. The SMILES string of the molecule is COC(=O)C(COc1ccccc1F)c1cccs1. The second kappa shape index (κ2) is 6.33. The Morgan fingerprint density at radius 2 is 2.11 bits per heavy atom. The molecule has 0 saturated heterocycles. The highest BCUT2D eigenvalue weighted by Gasteiger charge is 2.23. The van der Waals surface area contributed by atoms with Crippen molar-refractivity contribution >= 4 is 17.3 Å². The fraction of sp³-hybridized carbons (Fsp3) is 0.214. The fourth-order valence-electron chi connectivity index (χ4n) is 1.63.